The summed E-state index contributed by atoms with van der Waals surface area (Å²) in [7, 11) is 0. The smallest absolute Gasteiger partial charge is 0.280 e. The molecule has 7 nitrogen and oxygen atoms in total. The summed E-state index contributed by atoms with van der Waals surface area (Å²) in [6.07, 6.45) is -0.236. The van der Waals surface area contributed by atoms with Crippen molar-refractivity contribution in [2.24, 2.45) is 0 Å². The molecule has 29 heavy (non-hydrogen) atoms. The highest BCUT2D eigenvalue weighted by molar-refractivity contribution is 6.30. The third kappa shape index (κ3) is 3.64. The van der Waals surface area contributed by atoms with Gasteiger partial charge in [0.2, 0.25) is 0 Å². The van der Waals surface area contributed by atoms with Crippen molar-refractivity contribution in [2.45, 2.75) is 32.1 Å². The number of fused-ring (bicyclic) bond motifs is 1. The van der Waals surface area contributed by atoms with E-state index < -0.39 is 23.8 Å². The minimum atomic E-state index is -2.76. The molecular formula is C18H16ClF3N6O. The molecule has 0 aromatic carbocycles. The number of amides is 1. The van der Waals surface area contributed by atoms with Gasteiger partial charge in [-0.2, -0.15) is 10.1 Å². The van der Waals surface area contributed by atoms with Crippen molar-refractivity contribution in [3.8, 4) is 0 Å². The summed E-state index contributed by atoms with van der Waals surface area (Å²) >= 11 is 5.77. The van der Waals surface area contributed by atoms with Crippen molar-refractivity contribution in [1.82, 2.24) is 29.5 Å². The van der Waals surface area contributed by atoms with E-state index in [0.29, 0.717) is 30.8 Å². The summed E-state index contributed by atoms with van der Waals surface area (Å²) in [6.45, 7) is 2.26. The summed E-state index contributed by atoms with van der Waals surface area (Å²) < 4.78 is 42.3. The average molecular weight is 425 g/mol. The summed E-state index contributed by atoms with van der Waals surface area (Å²) in [5.41, 5.74) is 0.363. The summed E-state index contributed by atoms with van der Waals surface area (Å²) in [4.78, 5) is 25.9. The second-order valence-electron chi connectivity index (χ2n) is 6.88. The molecule has 0 radical (unpaired) electrons. The van der Waals surface area contributed by atoms with E-state index >= 15 is 0 Å². The largest absolute Gasteiger partial charge is 0.338 e. The second-order valence-corrected chi connectivity index (χ2v) is 7.24. The molecule has 1 unspecified atom stereocenters. The van der Waals surface area contributed by atoms with E-state index in [1.54, 1.807) is 6.92 Å². The fraction of sp³-hybridized carbons (Fsp3) is 0.389. The van der Waals surface area contributed by atoms with Crippen LogP contribution in [0.25, 0.3) is 5.78 Å². The average Bonchev–Trinajstić information content (AvgIpc) is 3.18. The Hall–Kier alpha value is -2.75. The first kappa shape index (κ1) is 19.6. The van der Waals surface area contributed by atoms with Crippen molar-refractivity contribution in [2.75, 3.05) is 13.1 Å². The number of alkyl halides is 2. The molecule has 4 rings (SSSR count). The van der Waals surface area contributed by atoms with Gasteiger partial charge in [-0.3, -0.25) is 4.79 Å². The first-order valence-corrected chi connectivity index (χ1v) is 9.33. The first-order chi connectivity index (χ1) is 13.8. The lowest BCUT2D eigenvalue weighted by atomic mass is 9.93. The van der Waals surface area contributed by atoms with Crippen molar-refractivity contribution >= 4 is 23.3 Å². The van der Waals surface area contributed by atoms with Crippen LogP contribution in [0.5, 0.6) is 0 Å². The lowest BCUT2D eigenvalue weighted by Crippen LogP contribution is -2.40. The molecular weight excluding hydrogens is 409 g/mol. The van der Waals surface area contributed by atoms with Gasteiger partial charge in [0.25, 0.3) is 18.1 Å². The van der Waals surface area contributed by atoms with Gasteiger partial charge in [-0.15, -0.1) is 0 Å². The molecule has 4 heterocycles. The number of hydrogen-bond acceptors (Lipinski definition) is 5. The number of aromatic nitrogens is 5. The van der Waals surface area contributed by atoms with E-state index in [1.165, 1.54) is 27.9 Å². The molecule has 1 aliphatic rings. The molecule has 1 atom stereocenters. The maximum absolute atomic E-state index is 14.4. The maximum atomic E-state index is 14.4. The Balaban J connectivity index is 1.67. The van der Waals surface area contributed by atoms with E-state index in [-0.39, 0.29) is 29.0 Å². The van der Waals surface area contributed by atoms with E-state index in [9.17, 15) is 18.0 Å². The fourth-order valence-corrected chi connectivity index (χ4v) is 3.84. The number of carbonyl (C=O) groups is 1. The Morgan fingerprint density at radius 2 is 2.10 bits per heavy atom. The number of halogens is 4. The minimum absolute atomic E-state index is 0.0730. The van der Waals surface area contributed by atoms with Gasteiger partial charge in [-0.25, -0.2) is 27.7 Å². The van der Waals surface area contributed by atoms with Gasteiger partial charge >= 0.3 is 0 Å². The van der Waals surface area contributed by atoms with Gasteiger partial charge in [-0.1, -0.05) is 11.6 Å². The van der Waals surface area contributed by atoms with Crippen molar-refractivity contribution < 1.29 is 18.0 Å². The van der Waals surface area contributed by atoms with Gasteiger partial charge < -0.3 is 4.90 Å². The third-order valence-corrected chi connectivity index (χ3v) is 5.18. The summed E-state index contributed by atoms with van der Waals surface area (Å²) in [5, 5.41) is 3.71. The minimum Gasteiger partial charge on any atom is -0.338 e. The normalized spacial score (nSPS) is 17.3. The Kier molecular flexibility index (Phi) is 5.12. The molecule has 1 aliphatic heterocycles. The third-order valence-electron chi connectivity index (χ3n) is 4.93. The molecule has 1 fully saturated rings. The van der Waals surface area contributed by atoms with Crippen LogP contribution in [0.1, 0.15) is 52.6 Å². The molecule has 0 aliphatic carbocycles. The zero-order chi connectivity index (χ0) is 20.7. The SMILES string of the molecule is Cc1cc(C(=O)N2CCCC(c3cc(C(F)F)nc4ncnn34)C2)c(F)c(Cl)n1. The van der Waals surface area contributed by atoms with Crippen LogP contribution in [0.4, 0.5) is 13.2 Å². The second kappa shape index (κ2) is 7.58. The monoisotopic (exact) mass is 424 g/mol. The van der Waals surface area contributed by atoms with Gasteiger partial charge in [0.05, 0.1) is 11.3 Å². The number of hydrogen-bond donors (Lipinski definition) is 0. The Labute approximate surface area is 168 Å². The van der Waals surface area contributed by atoms with E-state index in [1.807, 2.05) is 0 Å². The Morgan fingerprint density at radius 3 is 2.86 bits per heavy atom. The van der Waals surface area contributed by atoms with E-state index in [4.69, 9.17) is 11.6 Å². The van der Waals surface area contributed by atoms with Gasteiger partial charge in [0, 0.05) is 24.7 Å². The molecule has 1 saturated heterocycles. The lowest BCUT2D eigenvalue weighted by Gasteiger charge is -2.33. The topological polar surface area (TPSA) is 76.3 Å². The van der Waals surface area contributed by atoms with Crippen LogP contribution >= 0.6 is 11.6 Å². The molecule has 1 amide bonds. The molecule has 3 aromatic heterocycles. The maximum Gasteiger partial charge on any atom is 0.280 e. The molecule has 11 heteroatoms. The van der Waals surface area contributed by atoms with Crippen molar-refractivity contribution in [3.63, 3.8) is 0 Å². The fourth-order valence-electron chi connectivity index (χ4n) is 3.61. The highest BCUT2D eigenvalue weighted by Gasteiger charge is 2.30. The molecule has 0 N–H and O–H groups in total. The number of piperidine rings is 1. The van der Waals surface area contributed by atoms with Crippen LogP contribution < -0.4 is 0 Å². The number of carbonyl (C=O) groups excluding carboxylic acids is 1. The van der Waals surface area contributed by atoms with E-state index in [0.717, 1.165) is 0 Å². The predicted molar refractivity (Wildman–Crippen MR) is 97.6 cm³/mol. The molecule has 152 valence electrons. The van der Waals surface area contributed by atoms with Crippen LogP contribution in [0.2, 0.25) is 5.15 Å². The number of likely N-dealkylation sites (tertiary alicyclic amines) is 1. The molecule has 3 aromatic rings. The Morgan fingerprint density at radius 1 is 1.31 bits per heavy atom. The van der Waals surface area contributed by atoms with Gasteiger partial charge in [0.15, 0.2) is 11.0 Å². The number of nitrogens with zero attached hydrogens (tertiary/aromatic N) is 6. The predicted octanol–water partition coefficient (Wildman–Crippen LogP) is 3.58. The van der Waals surface area contributed by atoms with Crippen LogP contribution in [0.3, 0.4) is 0 Å². The number of pyridine rings is 1. The number of rotatable bonds is 3. The van der Waals surface area contributed by atoms with Gasteiger partial charge in [-0.05, 0) is 31.9 Å². The molecule has 0 bridgehead atoms. The van der Waals surface area contributed by atoms with E-state index in [2.05, 4.69) is 20.1 Å². The standard InChI is InChI=1S/C18H16ClF3N6O/c1-9-5-11(14(20)15(19)25-9)17(29)27-4-2-3-10(7-27)13-6-12(16(21)22)26-18-23-8-24-28(13)18/h5-6,8,10,16H,2-4,7H2,1H3. The Bertz CT molecular complexity index is 1090. The van der Waals surface area contributed by atoms with Crippen LogP contribution in [0, 0.1) is 12.7 Å². The molecule has 0 saturated carbocycles. The van der Waals surface area contributed by atoms with Crippen LogP contribution in [0.15, 0.2) is 18.5 Å². The molecule has 0 spiro atoms. The number of aryl methyl sites for hydroxylation is 1. The highest BCUT2D eigenvalue weighted by Crippen LogP contribution is 2.30. The lowest BCUT2D eigenvalue weighted by molar-refractivity contribution is 0.0699. The quantitative estimate of drug-likeness (QED) is 0.601. The highest BCUT2D eigenvalue weighted by atomic mass is 35.5. The summed E-state index contributed by atoms with van der Waals surface area (Å²) in [6, 6.07) is 2.64. The van der Waals surface area contributed by atoms with Crippen LogP contribution in [-0.2, 0) is 0 Å². The van der Waals surface area contributed by atoms with Crippen LogP contribution in [-0.4, -0.2) is 48.5 Å². The van der Waals surface area contributed by atoms with Crippen molar-refractivity contribution in [1.29, 1.82) is 0 Å². The zero-order valence-corrected chi connectivity index (χ0v) is 16.1. The summed E-state index contributed by atoms with van der Waals surface area (Å²) in [5.74, 6) is -1.59. The van der Waals surface area contributed by atoms with Gasteiger partial charge in [0.1, 0.15) is 12.0 Å². The zero-order valence-electron chi connectivity index (χ0n) is 15.3. The van der Waals surface area contributed by atoms with Crippen molar-refractivity contribution in [3.05, 3.63) is 52.1 Å². The first-order valence-electron chi connectivity index (χ1n) is 8.95.